The molecule has 174 valence electrons. The van der Waals surface area contributed by atoms with E-state index in [2.05, 4.69) is 5.32 Å². The van der Waals surface area contributed by atoms with Crippen LogP contribution in [0.4, 0.5) is 11.4 Å². The summed E-state index contributed by atoms with van der Waals surface area (Å²) in [6.45, 7) is 1.76. The largest absolute Gasteiger partial charge is 0.449 e. The standard InChI is InChI=1S/C25H21ClN2O6/c1-16-20(26)8-5-9-21(16)27-22(29)14-15-23(30)34-25(24(31)17-6-3-2-4-7-17)18-10-12-19(13-11-18)28(32)33/h2-13,25H,14-15H2,1H3,(H,27,29)/t25-/m1/s1. The summed E-state index contributed by atoms with van der Waals surface area (Å²) >= 11 is 6.05. The minimum absolute atomic E-state index is 0.158. The molecule has 0 fully saturated rings. The Kier molecular flexibility index (Phi) is 8.10. The molecule has 0 radical (unpaired) electrons. The number of halogens is 1. The molecule has 0 aliphatic rings. The number of hydrogen-bond acceptors (Lipinski definition) is 6. The van der Waals surface area contributed by atoms with Crippen LogP contribution in [0.5, 0.6) is 0 Å². The summed E-state index contributed by atoms with van der Waals surface area (Å²) in [7, 11) is 0. The number of nitro groups is 1. The number of non-ortho nitro benzene ring substituents is 1. The average molecular weight is 481 g/mol. The van der Waals surface area contributed by atoms with Crippen molar-refractivity contribution in [1.82, 2.24) is 0 Å². The summed E-state index contributed by atoms with van der Waals surface area (Å²) < 4.78 is 5.44. The topological polar surface area (TPSA) is 116 Å². The van der Waals surface area contributed by atoms with Crippen LogP contribution in [-0.4, -0.2) is 22.6 Å². The fourth-order valence-electron chi connectivity index (χ4n) is 3.16. The summed E-state index contributed by atoms with van der Waals surface area (Å²) in [6.07, 6.45) is -1.75. The van der Waals surface area contributed by atoms with E-state index < -0.39 is 28.7 Å². The van der Waals surface area contributed by atoms with Crippen LogP contribution in [0, 0.1) is 17.0 Å². The molecule has 0 aliphatic carbocycles. The van der Waals surface area contributed by atoms with Gasteiger partial charge in [0, 0.05) is 40.4 Å². The highest BCUT2D eigenvalue weighted by Gasteiger charge is 2.27. The highest BCUT2D eigenvalue weighted by Crippen LogP contribution is 2.26. The van der Waals surface area contributed by atoms with E-state index in [0.717, 1.165) is 0 Å². The number of nitrogens with one attached hydrogen (secondary N) is 1. The maximum atomic E-state index is 13.0. The molecule has 1 amide bonds. The van der Waals surface area contributed by atoms with Crippen LogP contribution >= 0.6 is 11.6 Å². The maximum Gasteiger partial charge on any atom is 0.307 e. The monoisotopic (exact) mass is 480 g/mol. The number of anilines is 1. The minimum atomic E-state index is -1.31. The van der Waals surface area contributed by atoms with Crippen LogP contribution in [-0.2, 0) is 14.3 Å². The molecule has 0 aliphatic heterocycles. The molecule has 1 N–H and O–H groups in total. The number of carbonyl (C=O) groups excluding carboxylic acids is 3. The summed E-state index contributed by atoms with van der Waals surface area (Å²) in [5, 5.41) is 14.1. The number of hydrogen-bond donors (Lipinski definition) is 1. The highest BCUT2D eigenvalue weighted by molar-refractivity contribution is 6.31. The first-order valence-electron chi connectivity index (χ1n) is 10.3. The number of rotatable bonds is 9. The van der Waals surface area contributed by atoms with Gasteiger partial charge in [0.05, 0.1) is 11.3 Å². The van der Waals surface area contributed by atoms with Crippen molar-refractivity contribution < 1.29 is 24.0 Å². The van der Waals surface area contributed by atoms with Crippen LogP contribution in [0.15, 0.2) is 72.8 Å². The first-order valence-corrected chi connectivity index (χ1v) is 10.7. The van der Waals surface area contributed by atoms with E-state index in [9.17, 15) is 24.5 Å². The van der Waals surface area contributed by atoms with Gasteiger partial charge in [0.1, 0.15) is 0 Å². The van der Waals surface area contributed by atoms with Crippen molar-refractivity contribution in [3.05, 3.63) is 105 Å². The van der Waals surface area contributed by atoms with Gasteiger partial charge in [0.2, 0.25) is 11.7 Å². The van der Waals surface area contributed by atoms with Gasteiger partial charge in [-0.3, -0.25) is 24.5 Å². The van der Waals surface area contributed by atoms with E-state index >= 15 is 0 Å². The van der Waals surface area contributed by atoms with E-state index in [1.165, 1.54) is 24.3 Å². The van der Waals surface area contributed by atoms with E-state index in [1.54, 1.807) is 55.5 Å². The third-order valence-electron chi connectivity index (χ3n) is 5.05. The molecule has 0 bridgehead atoms. The molecule has 0 spiro atoms. The normalized spacial score (nSPS) is 11.4. The van der Waals surface area contributed by atoms with Gasteiger partial charge < -0.3 is 10.1 Å². The molecule has 0 aromatic heterocycles. The average Bonchev–Trinajstić information content (AvgIpc) is 2.84. The lowest BCUT2D eigenvalue weighted by Gasteiger charge is -2.17. The van der Waals surface area contributed by atoms with E-state index in [4.69, 9.17) is 16.3 Å². The molecular weight excluding hydrogens is 460 g/mol. The zero-order valence-electron chi connectivity index (χ0n) is 18.2. The summed E-state index contributed by atoms with van der Waals surface area (Å²) in [5.41, 5.74) is 1.68. The molecule has 3 rings (SSSR count). The second-order valence-corrected chi connectivity index (χ2v) is 7.82. The van der Waals surface area contributed by atoms with E-state index in [-0.39, 0.29) is 24.1 Å². The molecule has 0 saturated carbocycles. The first-order chi connectivity index (χ1) is 16.3. The molecule has 0 saturated heterocycles. The van der Waals surface area contributed by atoms with Crippen LogP contribution in [0.3, 0.4) is 0 Å². The third-order valence-corrected chi connectivity index (χ3v) is 5.46. The number of ether oxygens (including phenoxy) is 1. The number of Topliss-reactive ketones (excluding diaryl/α,β-unsaturated/α-hetero) is 1. The Balaban J connectivity index is 1.70. The zero-order chi connectivity index (χ0) is 24.7. The molecule has 8 nitrogen and oxygen atoms in total. The highest BCUT2D eigenvalue weighted by atomic mass is 35.5. The molecule has 1 atom stereocenters. The Bertz CT molecular complexity index is 1210. The van der Waals surface area contributed by atoms with Gasteiger partial charge in [-0.2, -0.15) is 0 Å². The number of nitrogens with zero attached hydrogens (tertiary/aromatic N) is 1. The fourth-order valence-corrected chi connectivity index (χ4v) is 3.33. The Morgan fingerprint density at radius 1 is 0.971 bits per heavy atom. The Morgan fingerprint density at radius 2 is 1.65 bits per heavy atom. The van der Waals surface area contributed by atoms with Crippen molar-refractivity contribution in [1.29, 1.82) is 0 Å². The number of nitro benzene ring substituents is 1. The molecule has 34 heavy (non-hydrogen) atoms. The Morgan fingerprint density at radius 3 is 2.29 bits per heavy atom. The lowest BCUT2D eigenvalue weighted by atomic mass is 9.99. The summed E-state index contributed by atoms with van der Waals surface area (Å²) in [6, 6.07) is 18.5. The minimum Gasteiger partial charge on any atom is -0.449 e. The van der Waals surface area contributed by atoms with Gasteiger partial charge in [-0.1, -0.05) is 48.0 Å². The fraction of sp³-hybridized carbons (Fsp3) is 0.160. The van der Waals surface area contributed by atoms with Gasteiger partial charge in [-0.05, 0) is 36.8 Å². The first kappa shape index (κ1) is 24.6. The van der Waals surface area contributed by atoms with Crippen LogP contribution in [0.2, 0.25) is 5.02 Å². The third kappa shape index (κ3) is 6.26. The number of ketones is 1. The van der Waals surface area contributed by atoms with Crippen molar-refractivity contribution in [3.63, 3.8) is 0 Å². The van der Waals surface area contributed by atoms with Crippen LogP contribution in [0.25, 0.3) is 0 Å². The van der Waals surface area contributed by atoms with Crippen molar-refractivity contribution >= 4 is 40.6 Å². The van der Waals surface area contributed by atoms with Crippen LogP contribution in [0.1, 0.15) is 40.4 Å². The predicted octanol–water partition coefficient (Wildman–Crippen LogP) is 5.44. The zero-order valence-corrected chi connectivity index (χ0v) is 19.0. The number of carbonyl (C=O) groups is 3. The van der Waals surface area contributed by atoms with E-state index in [1.807, 2.05) is 0 Å². The van der Waals surface area contributed by atoms with Crippen molar-refractivity contribution in [2.45, 2.75) is 25.9 Å². The van der Waals surface area contributed by atoms with Gasteiger partial charge in [0.25, 0.3) is 5.69 Å². The smallest absolute Gasteiger partial charge is 0.307 e. The molecular formula is C25H21ClN2O6. The Labute approximate surface area is 200 Å². The molecule has 0 unspecified atom stereocenters. The Hall–Kier alpha value is -4.04. The van der Waals surface area contributed by atoms with Gasteiger partial charge in [-0.15, -0.1) is 0 Å². The van der Waals surface area contributed by atoms with Gasteiger partial charge in [0.15, 0.2) is 6.10 Å². The molecule has 3 aromatic rings. The number of benzene rings is 3. The van der Waals surface area contributed by atoms with E-state index in [0.29, 0.717) is 21.8 Å². The second-order valence-electron chi connectivity index (χ2n) is 7.41. The predicted molar refractivity (Wildman–Crippen MR) is 127 cm³/mol. The molecule has 9 heteroatoms. The van der Waals surface area contributed by atoms with Crippen molar-refractivity contribution in [2.75, 3.05) is 5.32 Å². The number of esters is 1. The van der Waals surface area contributed by atoms with Gasteiger partial charge >= 0.3 is 5.97 Å². The van der Waals surface area contributed by atoms with Gasteiger partial charge in [-0.25, -0.2) is 0 Å². The summed E-state index contributed by atoms with van der Waals surface area (Å²) in [5.74, 6) is -1.66. The second kappa shape index (κ2) is 11.2. The summed E-state index contributed by atoms with van der Waals surface area (Å²) in [4.78, 5) is 48.3. The SMILES string of the molecule is Cc1c(Cl)cccc1NC(=O)CCC(=O)O[C@@H](C(=O)c1ccccc1)c1ccc([N+](=O)[O-])cc1. The lowest BCUT2D eigenvalue weighted by Crippen LogP contribution is -2.21. The van der Waals surface area contributed by atoms with Crippen LogP contribution < -0.4 is 5.32 Å². The number of amides is 1. The van der Waals surface area contributed by atoms with Crippen molar-refractivity contribution in [2.24, 2.45) is 0 Å². The quantitative estimate of drug-likeness (QED) is 0.188. The molecule has 3 aromatic carbocycles. The maximum absolute atomic E-state index is 13.0. The van der Waals surface area contributed by atoms with Crippen molar-refractivity contribution in [3.8, 4) is 0 Å². The lowest BCUT2D eigenvalue weighted by molar-refractivity contribution is -0.384. The molecule has 0 heterocycles.